The molecule has 1 saturated carbocycles. The van der Waals surface area contributed by atoms with Gasteiger partial charge in [0.05, 0.1) is 41.7 Å². The second-order valence-corrected chi connectivity index (χ2v) is 8.57. The Hall–Kier alpha value is -1.88. The third kappa shape index (κ3) is 6.30. The third-order valence-electron chi connectivity index (χ3n) is 4.39. The summed E-state index contributed by atoms with van der Waals surface area (Å²) < 4.78 is 17.6. The number of benzene rings is 1. The molecule has 1 aromatic carbocycles. The van der Waals surface area contributed by atoms with Gasteiger partial charge in [-0.1, -0.05) is 0 Å². The maximum absolute atomic E-state index is 11.5. The minimum absolute atomic E-state index is 0.160. The monoisotopic (exact) mass is 529 g/mol. The van der Waals surface area contributed by atoms with E-state index in [2.05, 4.69) is 38.1 Å². The van der Waals surface area contributed by atoms with Crippen LogP contribution in [0.15, 0.2) is 22.6 Å². The molecule has 0 aliphatic heterocycles. The van der Waals surface area contributed by atoms with Gasteiger partial charge < -0.3 is 14.2 Å². The lowest BCUT2D eigenvalue weighted by Crippen LogP contribution is -2.12. The van der Waals surface area contributed by atoms with Gasteiger partial charge in [-0.15, -0.1) is 11.3 Å². The van der Waals surface area contributed by atoms with Gasteiger partial charge in [0.25, 0.3) is 0 Å². The van der Waals surface area contributed by atoms with Gasteiger partial charge in [-0.25, -0.2) is 4.98 Å². The molecular weight excluding hydrogens is 505 g/mol. The summed E-state index contributed by atoms with van der Waals surface area (Å²) in [5.74, 6) is 1.22. The Kier molecular flexibility index (Phi) is 8.10. The van der Waals surface area contributed by atoms with E-state index < -0.39 is 0 Å². The van der Waals surface area contributed by atoms with Crippen LogP contribution in [-0.2, 0) is 16.0 Å². The smallest absolute Gasteiger partial charge is 0.311 e. The number of ether oxygens (including phenoxy) is 3. The molecule has 0 bridgehead atoms. The van der Waals surface area contributed by atoms with Gasteiger partial charge in [0, 0.05) is 5.38 Å². The molecule has 1 aromatic heterocycles. The molecule has 1 aliphatic carbocycles. The number of anilines is 1. The number of esters is 1. The molecule has 1 N–H and O–H groups in total. The van der Waals surface area contributed by atoms with E-state index in [-0.39, 0.29) is 18.5 Å². The number of aromatic nitrogens is 1. The number of methoxy groups -OCH3 is 1. The number of thiazole rings is 1. The lowest BCUT2D eigenvalue weighted by atomic mass is 10.2. The van der Waals surface area contributed by atoms with Crippen LogP contribution in [0.3, 0.4) is 0 Å². The second-order valence-electron chi connectivity index (χ2n) is 6.55. The minimum Gasteiger partial charge on any atom is -0.493 e. The molecule has 0 atom stereocenters. The van der Waals surface area contributed by atoms with E-state index in [9.17, 15) is 4.79 Å². The van der Waals surface area contributed by atoms with Crippen LogP contribution in [0.5, 0.6) is 11.5 Å². The Morgan fingerprint density at radius 1 is 1.41 bits per heavy atom. The van der Waals surface area contributed by atoms with Crippen molar-refractivity contribution in [2.75, 3.05) is 19.1 Å². The van der Waals surface area contributed by atoms with Gasteiger partial charge in [0.1, 0.15) is 0 Å². The van der Waals surface area contributed by atoms with Crippen molar-refractivity contribution < 1.29 is 19.0 Å². The number of rotatable bonds is 9. The Bertz CT molecular complexity index is 865. The van der Waals surface area contributed by atoms with Crippen LogP contribution in [0.2, 0.25) is 0 Å². The lowest BCUT2D eigenvalue weighted by Gasteiger charge is -2.17. The lowest BCUT2D eigenvalue weighted by molar-refractivity contribution is -0.142. The van der Waals surface area contributed by atoms with Gasteiger partial charge in [-0.3, -0.25) is 10.2 Å². The predicted molar refractivity (Wildman–Crippen MR) is 122 cm³/mol. The van der Waals surface area contributed by atoms with Crippen molar-refractivity contribution in [1.82, 2.24) is 4.98 Å². The van der Waals surface area contributed by atoms with Crippen LogP contribution in [0, 0.1) is 3.57 Å². The standard InChI is InChI=1S/C20H24IN3O4S/c1-3-27-18(25)10-14-12-29-20(23-14)24-22-11-13-8-16(21)19(17(9-13)26-2)28-15-6-4-5-7-15/h8-9,11-12,15H,3-7,10H2,1-2H3,(H,23,24). The van der Waals surface area contributed by atoms with Crippen molar-refractivity contribution in [3.05, 3.63) is 32.3 Å². The van der Waals surface area contributed by atoms with Crippen molar-refractivity contribution in [3.63, 3.8) is 0 Å². The van der Waals surface area contributed by atoms with E-state index in [1.54, 1.807) is 20.2 Å². The molecule has 1 heterocycles. The first kappa shape index (κ1) is 21.8. The molecule has 2 aromatic rings. The molecule has 0 amide bonds. The summed E-state index contributed by atoms with van der Waals surface area (Å²) in [5.41, 5.74) is 4.45. The largest absolute Gasteiger partial charge is 0.493 e. The Balaban J connectivity index is 1.62. The molecular formula is C20H24IN3O4S. The molecule has 0 radical (unpaired) electrons. The maximum Gasteiger partial charge on any atom is 0.311 e. The Morgan fingerprint density at radius 3 is 2.93 bits per heavy atom. The molecule has 7 nitrogen and oxygen atoms in total. The van der Waals surface area contributed by atoms with Crippen LogP contribution in [0.25, 0.3) is 0 Å². The first-order chi connectivity index (χ1) is 14.1. The highest BCUT2D eigenvalue weighted by Gasteiger charge is 2.20. The van der Waals surface area contributed by atoms with Crippen LogP contribution < -0.4 is 14.9 Å². The quantitative estimate of drug-likeness (QED) is 0.221. The van der Waals surface area contributed by atoms with Crippen LogP contribution in [-0.4, -0.2) is 37.0 Å². The van der Waals surface area contributed by atoms with Crippen LogP contribution in [0.1, 0.15) is 43.9 Å². The number of hydrazone groups is 1. The highest BCUT2D eigenvalue weighted by molar-refractivity contribution is 14.1. The number of carbonyl (C=O) groups excluding carboxylic acids is 1. The summed E-state index contributed by atoms with van der Waals surface area (Å²) in [6.45, 7) is 2.15. The summed E-state index contributed by atoms with van der Waals surface area (Å²) in [6.07, 6.45) is 6.77. The topological polar surface area (TPSA) is 82.0 Å². The SMILES string of the molecule is CCOC(=O)Cc1csc(NN=Cc2cc(I)c(OC3CCCC3)c(OC)c2)n1. The molecule has 0 unspecified atom stereocenters. The fourth-order valence-electron chi connectivity index (χ4n) is 3.06. The van der Waals surface area contributed by atoms with E-state index >= 15 is 0 Å². The van der Waals surface area contributed by atoms with Gasteiger partial charge in [0.15, 0.2) is 11.5 Å². The molecule has 9 heteroatoms. The zero-order chi connectivity index (χ0) is 20.6. The highest BCUT2D eigenvalue weighted by Crippen LogP contribution is 2.36. The molecule has 0 saturated heterocycles. The van der Waals surface area contributed by atoms with E-state index in [0.717, 1.165) is 27.7 Å². The van der Waals surface area contributed by atoms with Crippen molar-refractivity contribution in [1.29, 1.82) is 0 Å². The fourth-order valence-corrected chi connectivity index (χ4v) is 4.47. The summed E-state index contributed by atoms with van der Waals surface area (Å²) in [5, 5.41) is 6.68. The number of nitrogens with one attached hydrogen (secondary N) is 1. The number of nitrogens with zero attached hydrogens (tertiary/aromatic N) is 2. The molecule has 156 valence electrons. The van der Waals surface area contributed by atoms with Crippen LogP contribution in [0.4, 0.5) is 5.13 Å². The highest BCUT2D eigenvalue weighted by atomic mass is 127. The van der Waals surface area contributed by atoms with Crippen molar-refractivity contribution in [2.24, 2.45) is 5.10 Å². The van der Waals surface area contributed by atoms with E-state index in [0.29, 0.717) is 23.2 Å². The summed E-state index contributed by atoms with van der Waals surface area (Å²) in [4.78, 5) is 15.9. The fraction of sp³-hybridized carbons (Fsp3) is 0.450. The van der Waals surface area contributed by atoms with Crippen LogP contribution >= 0.6 is 33.9 Å². The Labute approximate surface area is 188 Å². The zero-order valence-electron chi connectivity index (χ0n) is 16.4. The zero-order valence-corrected chi connectivity index (χ0v) is 19.4. The summed E-state index contributed by atoms with van der Waals surface area (Å²) >= 11 is 3.65. The normalized spacial score (nSPS) is 14.3. The van der Waals surface area contributed by atoms with Crippen molar-refractivity contribution in [2.45, 2.75) is 45.1 Å². The van der Waals surface area contributed by atoms with Crippen molar-refractivity contribution in [3.8, 4) is 11.5 Å². The number of hydrogen-bond acceptors (Lipinski definition) is 8. The first-order valence-electron chi connectivity index (χ1n) is 9.52. The number of hydrogen-bond donors (Lipinski definition) is 1. The Morgan fingerprint density at radius 2 is 2.21 bits per heavy atom. The third-order valence-corrected chi connectivity index (χ3v) is 5.99. The van der Waals surface area contributed by atoms with Gasteiger partial charge in [-0.2, -0.15) is 5.10 Å². The molecule has 1 aliphatic rings. The summed E-state index contributed by atoms with van der Waals surface area (Å²) in [7, 11) is 1.65. The number of halogens is 1. The van der Waals surface area contributed by atoms with E-state index in [1.807, 2.05) is 17.5 Å². The number of carbonyl (C=O) groups is 1. The first-order valence-corrected chi connectivity index (χ1v) is 11.5. The molecule has 29 heavy (non-hydrogen) atoms. The average Bonchev–Trinajstić information content (AvgIpc) is 3.36. The van der Waals surface area contributed by atoms with Crippen molar-refractivity contribution >= 4 is 51.2 Å². The van der Waals surface area contributed by atoms with Gasteiger partial charge >= 0.3 is 5.97 Å². The van der Waals surface area contributed by atoms with Gasteiger partial charge in [0.2, 0.25) is 5.13 Å². The van der Waals surface area contributed by atoms with Gasteiger partial charge in [-0.05, 0) is 72.9 Å². The predicted octanol–water partition coefficient (Wildman–Crippen LogP) is 4.63. The van der Waals surface area contributed by atoms with E-state index in [4.69, 9.17) is 14.2 Å². The van der Waals surface area contributed by atoms with E-state index in [1.165, 1.54) is 24.2 Å². The maximum atomic E-state index is 11.5. The molecule has 1 fully saturated rings. The molecule has 3 rings (SSSR count). The average molecular weight is 529 g/mol. The second kappa shape index (κ2) is 10.8. The minimum atomic E-state index is -0.283. The molecule has 0 spiro atoms. The summed E-state index contributed by atoms with van der Waals surface area (Å²) in [6, 6.07) is 3.91.